The standard InChI is InChI=1S/C18H21Br2NO/c1-3-8-22-18-16(19)9-15(10-17(18)20)12-21-11-14-6-4-13(2)5-7-14/h4-7,9-10,21H,3,8,11-12H2,1-2H3. The van der Waals surface area contributed by atoms with E-state index in [4.69, 9.17) is 4.74 Å². The van der Waals surface area contributed by atoms with Gasteiger partial charge in [-0.05, 0) is 68.5 Å². The van der Waals surface area contributed by atoms with E-state index in [0.29, 0.717) is 0 Å². The van der Waals surface area contributed by atoms with Gasteiger partial charge >= 0.3 is 0 Å². The number of halogens is 2. The summed E-state index contributed by atoms with van der Waals surface area (Å²) in [5.74, 6) is 0.879. The minimum Gasteiger partial charge on any atom is -0.491 e. The van der Waals surface area contributed by atoms with Crippen molar-refractivity contribution < 1.29 is 4.74 Å². The number of aryl methyl sites for hydroxylation is 1. The summed E-state index contributed by atoms with van der Waals surface area (Å²) < 4.78 is 7.72. The molecule has 0 bridgehead atoms. The summed E-state index contributed by atoms with van der Waals surface area (Å²) in [5.41, 5.74) is 3.81. The lowest BCUT2D eigenvalue weighted by Crippen LogP contribution is -2.12. The van der Waals surface area contributed by atoms with Crippen molar-refractivity contribution in [1.29, 1.82) is 0 Å². The highest BCUT2D eigenvalue weighted by molar-refractivity contribution is 9.11. The average molecular weight is 427 g/mol. The molecule has 0 heterocycles. The van der Waals surface area contributed by atoms with E-state index < -0.39 is 0 Å². The van der Waals surface area contributed by atoms with Crippen molar-refractivity contribution in [3.63, 3.8) is 0 Å². The van der Waals surface area contributed by atoms with E-state index in [1.54, 1.807) is 0 Å². The molecule has 2 aromatic rings. The van der Waals surface area contributed by atoms with Gasteiger partial charge in [0.1, 0.15) is 5.75 Å². The van der Waals surface area contributed by atoms with Crippen LogP contribution in [0.4, 0.5) is 0 Å². The molecule has 0 aliphatic heterocycles. The minimum atomic E-state index is 0.724. The summed E-state index contributed by atoms with van der Waals surface area (Å²) in [4.78, 5) is 0. The average Bonchev–Trinajstić information content (AvgIpc) is 2.48. The first-order chi connectivity index (χ1) is 10.6. The summed E-state index contributed by atoms with van der Waals surface area (Å²) in [6.45, 7) is 6.62. The lowest BCUT2D eigenvalue weighted by atomic mass is 10.1. The molecule has 22 heavy (non-hydrogen) atoms. The van der Waals surface area contributed by atoms with Crippen LogP contribution in [0.1, 0.15) is 30.0 Å². The van der Waals surface area contributed by atoms with Crippen molar-refractivity contribution >= 4 is 31.9 Å². The molecule has 0 aliphatic carbocycles. The Morgan fingerprint density at radius 1 is 0.955 bits per heavy atom. The summed E-state index contributed by atoms with van der Waals surface area (Å²) in [6, 6.07) is 12.8. The minimum absolute atomic E-state index is 0.724. The number of rotatable bonds is 7. The van der Waals surface area contributed by atoms with Crippen LogP contribution in [0, 0.1) is 6.92 Å². The van der Waals surface area contributed by atoms with E-state index in [-0.39, 0.29) is 0 Å². The zero-order valence-electron chi connectivity index (χ0n) is 13.0. The maximum absolute atomic E-state index is 5.74. The molecule has 0 aliphatic rings. The van der Waals surface area contributed by atoms with E-state index >= 15 is 0 Å². The number of hydrogen-bond donors (Lipinski definition) is 1. The second kappa shape index (κ2) is 8.70. The Labute approximate surface area is 149 Å². The molecule has 118 valence electrons. The molecule has 0 radical (unpaired) electrons. The van der Waals surface area contributed by atoms with Gasteiger partial charge in [-0.25, -0.2) is 0 Å². The molecule has 4 heteroatoms. The van der Waals surface area contributed by atoms with Crippen LogP contribution in [0.15, 0.2) is 45.3 Å². The Hall–Kier alpha value is -0.840. The second-order valence-corrected chi connectivity index (χ2v) is 7.03. The number of hydrogen-bond acceptors (Lipinski definition) is 2. The molecule has 0 spiro atoms. The van der Waals surface area contributed by atoms with E-state index in [9.17, 15) is 0 Å². The van der Waals surface area contributed by atoms with Crippen molar-refractivity contribution in [2.75, 3.05) is 6.61 Å². The Balaban J connectivity index is 1.94. The number of benzene rings is 2. The highest BCUT2D eigenvalue weighted by atomic mass is 79.9. The second-order valence-electron chi connectivity index (χ2n) is 5.33. The molecule has 0 fully saturated rings. The predicted molar refractivity (Wildman–Crippen MR) is 99.4 cm³/mol. The Morgan fingerprint density at radius 2 is 1.55 bits per heavy atom. The van der Waals surface area contributed by atoms with Gasteiger partial charge in [0.25, 0.3) is 0 Å². The molecule has 1 N–H and O–H groups in total. The smallest absolute Gasteiger partial charge is 0.147 e. The van der Waals surface area contributed by atoms with Crippen molar-refractivity contribution in [3.05, 3.63) is 62.0 Å². The highest BCUT2D eigenvalue weighted by Gasteiger charge is 2.08. The molecule has 0 atom stereocenters. The maximum Gasteiger partial charge on any atom is 0.147 e. The van der Waals surface area contributed by atoms with E-state index in [0.717, 1.165) is 40.8 Å². The third-order valence-electron chi connectivity index (χ3n) is 3.29. The fourth-order valence-corrected chi connectivity index (χ4v) is 3.62. The van der Waals surface area contributed by atoms with Crippen LogP contribution in [-0.4, -0.2) is 6.61 Å². The Morgan fingerprint density at radius 3 is 2.14 bits per heavy atom. The summed E-state index contributed by atoms with van der Waals surface area (Å²) >= 11 is 7.18. The molecule has 0 amide bonds. The summed E-state index contributed by atoms with van der Waals surface area (Å²) in [6.07, 6.45) is 0.999. The number of ether oxygens (including phenoxy) is 1. The van der Waals surface area contributed by atoms with Crippen LogP contribution < -0.4 is 10.1 Å². The van der Waals surface area contributed by atoms with Crippen molar-refractivity contribution in [1.82, 2.24) is 5.32 Å². The van der Waals surface area contributed by atoms with Gasteiger partial charge in [0, 0.05) is 13.1 Å². The molecule has 0 saturated carbocycles. The molecular formula is C18H21Br2NO. The van der Waals surface area contributed by atoms with Gasteiger partial charge in [-0.15, -0.1) is 0 Å². The SMILES string of the molecule is CCCOc1c(Br)cc(CNCc2ccc(C)cc2)cc1Br. The molecule has 0 unspecified atom stereocenters. The van der Waals surface area contributed by atoms with Crippen LogP contribution in [0.5, 0.6) is 5.75 Å². The van der Waals surface area contributed by atoms with Crippen LogP contribution in [0.25, 0.3) is 0 Å². The van der Waals surface area contributed by atoms with E-state index in [1.165, 1.54) is 16.7 Å². The van der Waals surface area contributed by atoms with Gasteiger partial charge in [-0.1, -0.05) is 36.8 Å². The molecule has 2 aromatic carbocycles. The highest BCUT2D eigenvalue weighted by Crippen LogP contribution is 2.34. The predicted octanol–water partition coefficient (Wildman–Crippen LogP) is 5.60. The first kappa shape index (κ1) is 17.5. The third kappa shape index (κ3) is 5.11. The van der Waals surface area contributed by atoms with Crippen LogP contribution in [0.3, 0.4) is 0 Å². The van der Waals surface area contributed by atoms with Crippen LogP contribution >= 0.6 is 31.9 Å². The normalized spacial score (nSPS) is 10.7. The van der Waals surface area contributed by atoms with Gasteiger partial charge < -0.3 is 10.1 Å². The largest absolute Gasteiger partial charge is 0.491 e. The van der Waals surface area contributed by atoms with Gasteiger partial charge in [0.05, 0.1) is 15.6 Å². The zero-order valence-corrected chi connectivity index (χ0v) is 16.1. The molecule has 0 saturated heterocycles. The Kier molecular flexibility index (Phi) is 6.93. The van der Waals surface area contributed by atoms with Crippen molar-refractivity contribution in [2.24, 2.45) is 0 Å². The molecular weight excluding hydrogens is 406 g/mol. The van der Waals surface area contributed by atoms with Crippen molar-refractivity contribution in [3.8, 4) is 5.75 Å². The van der Waals surface area contributed by atoms with Gasteiger partial charge in [0.15, 0.2) is 0 Å². The lowest BCUT2D eigenvalue weighted by Gasteiger charge is -2.12. The quantitative estimate of drug-likeness (QED) is 0.622. The van der Waals surface area contributed by atoms with E-state index in [2.05, 4.69) is 87.4 Å². The zero-order chi connectivity index (χ0) is 15.9. The van der Waals surface area contributed by atoms with Gasteiger partial charge in [-0.2, -0.15) is 0 Å². The van der Waals surface area contributed by atoms with E-state index in [1.807, 2.05) is 0 Å². The number of nitrogens with one attached hydrogen (secondary N) is 1. The van der Waals surface area contributed by atoms with Crippen LogP contribution in [0.2, 0.25) is 0 Å². The summed E-state index contributed by atoms with van der Waals surface area (Å²) in [7, 11) is 0. The first-order valence-corrected chi connectivity index (χ1v) is 9.05. The van der Waals surface area contributed by atoms with Crippen molar-refractivity contribution in [2.45, 2.75) is 33.4 Å². The first-order valence-electron chi connectivity index (χ1n) is 7.47. The maximum atomic E-state index is 5.74. The Bertz CT molecular complexity index is 588. The third-order valence-corrected chi connectivity index (χ3v) is 4.47. The molecule has 0 aromatic heterocycles. The lowest BCUT2D eigenvalue weighted by molar-refractivity contribution is 0.313. The summed E-state index contributed by atoms with van der Waals surface area (Å²) in [5, 5.41) is 3.47. The monoisotopic (exact) mass is 425 g/mol. The molecule has 2 nitrogen and oxygen atoms in total. The fourth-order valence-electron chi connectivity index (χ4n) is 2.11. The van der Waals surface area contributed by atoms with Gasteiger partial charge in [-0.3, -0.25) is 0 Å². The van der Waals surface area contributed by atoms with Crippen LogP contribution in [-0.2, 0) is 13.1 Å². The molecule has 2 rings (SSSR count). The fraction of sp³-hybridized carbons (Fsp3) is 0.333. The van der Waals surface area contributed by atoms with Gasteiger partial charge in [0.2, 0.25) is 0 Å². The topological polar surface area (TPSA) is 21.3 Å².